The van der Waals surface area contributed by atoms with Crippen LogP contribution in [0.3, 0.4) is 0 Å². The van der Waals surface area contributed by atoms with Gasteiger partial charge in [-0.1, -0.05) is 23.2 Å². The SMILES string of the molecule is CC(C)(C)OC(=O)CN(c1ccc2c(ccn2-c2cnc(OC3CCOCC3)cn2)c1)S(=O)(=O)c1cc(Cl)cc(Cl)c1. The molecule has 1 saturated heterocycles. The van der Waals surface area contributed by atoms with Crippen LogP contribution in [0.4, 0.5) is 5.69 Å². The molecule has 13 heteroatoms. The molecule has 3 heterocycles. The Morgan fingerprint density at radius 2 is 1.76 bits per heavy atom. The molecule has 0 atom stereocenters. The maximum Gasteiger partial charge on any atom is 0.327 e. The molecule has 0 N–H and O–H groups in total. The second-order valence-corrected chi connectivity index (χ2v) is 13.5. The Hall–Kier alpha value is -3.38. The third-order valence-corrected chi connectivity index (χ3v) is 8.58. The number of esters is 1. The molecule has 0 bridgehead atoms. The highest BCUT2D eigenvalue weighted by atomic mass is 35.5. The molecule has 0 saturated carbocycles. The molecule has 1 fully saturated rings. The van der Waals surface area contributed by atoms with Gasteiger partial charge in [0.15, 0.2) is 5.82 Å². The van der Waals surface area contributed by atoms with Gasteiger partial charge in [0.25, 0.3) is 10.0 Å². The van der Waals surface area contributed by atoms with Crippen molar-refractivity contribution in [1.29, 1.82) is 0 Å². The zero-order chi connectivity index (χ0) is 30.1. The monoisotopic (exact) mass is 632 g/mol. The summed E-state index contributed by atoms with van der Waals surface area (Å²) in [6.07, 6.45) is 6.66. The highest BCUT2D eigenvalue weighted by Gasteiger charge is 2.30. The maximum absolute atomic E-state index is 13.8. The van der Waals surface area contributed by atoms with Gasteiger partial charge in [-0.05, 0) is 63.2 Å². The van der Waals surface area contributed by atoms with Crippen LogP contribution in [0.25, 0.3) is 16.7 Å². The average molecular weight is 634 g/mol. The van der Waals surface area contributed by atoms with Crippen molar-refractivity contribution in [2.45, 2.75) is 50.2 Å². The third-order valence-electron chi connectivity index (χ3n) is 6.40. The Bertz CT molecular complexity index is 1680. The number of carbonyl (C=O) groups is 1. The molecular weight excluding hydrogens is 603 g/mol. The van der Waals surface area contributed by atoms with Crippen molar-refractivity contribution in [3.05, 3.63) is 71.1 Å². The van der Waals surface area contributed by atoms with Crippen LogP contribution in [-0.2, 0) is 24.3 Å². The second kappa shape index (κ2) is 12.1. The molecule has 222 valence electrons. The molecule has 10 nitrogen and oxygen atoms in total. The zero-order valence-corrected chi connectivity index (χ0v) is 25.6. The standard InChI is InChI=1S/C29H30Cl2N4O6S/c1-29(2,3)41-28(36)18-35(42(37,38)24-14-20(30)13-21(31)15-24)22-4-5-25-19(12-22)6-9-34(25)26-16-33-27(17-32-26)40-23-7-10-39-11-8-23/h4-6,9,12-17,23H,7-8,10-11,18H2,1-3H3. The van der Waals surface area contributed by atoms with E-state index in [-0.39, 0.29) is 26.7 Å². The van der Waals surface area contributed by atoms with Crippen LogP contribution in [-0.4, -0.2) is 60.4 Å². The van der Waals surface area contributed by atoms with Crippen LogP contribution in [0.2, 0.25) is 10.0 Å². The Morgan fingerprint density at radius 3 is 2.40 bits per heavy atom. The smallest absolute Gasteiger partial charge is 0.327 e. The summed E-state index contributed by atoms with van der Waals surface area (Å²) in [5, 5.41) is 1.01. The van der Waals surface area contributed by atoms with E-state index >= 15 is 0 Å². The van der Waals surface area contributed by atoms with Gasteiger partial charge >= 0.3 is 5.97 Å². The van der Waals surface area contributed by atoms with E-state index in [1.165, 1.54) is 18.2 Å². The van der Waals surface area contributed by atoms with E-state index < -0.39 is 28.1 Å². The number of nitrogens with zero attached hydrogens (tertiary/aromatic N) is 4. The van der Waals surface area contributed by atoms with Crippen LogP contribution in [0.5, 0.6) is 5.88 Å². The summed E-state index contributed by atoms with van der Waals surface area (Å²) in [5.74, 6) is 0.285. The lowest BCUT2D eigenvalue weighted by Crippen LogP contribution is -2.39. The largest absolute Gasteiger partial charge is 0.473 e. The normalized spacial score (nSPS) is 14.6. The van der Waals surface area contributed by atoms with Gasteiger partial charge in [-0.25, -0.2) is 18.4 Å². The van der Waals surface area contributed by atoms with Crippen molar-refractivity contribution in [2.75, 3.05) is 24.1 Å². The zero-order valence-electron chi connectivity index (χ0n) is 23.3. The molecule has 1 aliphatic rings. The van der Waals surface area contributed by atoms with Gasteiger partial charge in [0, 0.05) is 34.5 Å². The van der Waals surface area contributed by atoms with Crippen LogP contribution >= 0.6 is 23.2 Å². The molecular formula is C29H30Cl2N4O6S. The predicted octanol–water partition coefficient (Wildman–Crippen LogP) is 5.82. The van der Waals surface area contributed by atoms with Crippen LogP contribution < -0.4 is 9.04 Å². The first kappa shape index (κ1) is 30.1. The summed E-state index contributed by atoms with van der Waals surface area (Å²) < 4.78 is 47.2. The number of hydrogen-bond donors (Lipinski definition) is 0. The lowest BCUT2D eigenvalue weighted by Gasteiger charge is -2.26. The number of sulfonamides is 1. The molecule has 0 amide bonds. The van der Waals surface area contributed by atoms with Crippen LogP contribution in [0.15, 0.2) is 66.0 Å². The molecule has 4 aromatic rings. The van der Waals surface area contributed by atoms with Crippen molar-refractivity contribution in [3.8, 4) is 11.7 Å². The van der Waals surface area contributed by atoms with E-state index in [1.54, 1.807) is 57.6 Å². The van der Waals surface area contributed by atoms with Crippen molar-refractivity contribution in [1.82, 2.24) is 14.5 Å². The quantitative estimate of drug-likeness (QED) is 0.223. The van der Waals surface area contributed by atoms with Crippen LogP contribution in [0, 0.1) is 0 Å². The van der Waals surface area contributed by atoms with Crippen molar-refractivity contribution < 1.29 is 27.4 Å². The molecule has 1 aliphatic heterocycles. The number of fused-ring (bicyclic) bond motifs is 1. The van der Waals surface area contributed by atoms with Gasteiger partial charge < -0.3 is 14.2 Å². The number of benzene rings is 2. The van der Waals surface area contributed by atoms with Crippen LogP contribution in [0.1, 0.15) is 33.6 Å². The minimum atomic E-state index is -4.27. The van der Waals surface area contributed by atoms with E-state index in [0.29, 0.717) is 30.3 Å². The topological polar surface area (TPSA) is 113 Å². The molecule has 2 aromatic carbocycles. The summed E-state index contributed by atoms with van der Waals surface area (Å²) in [7, 11) is -4.27. The minimum absolute atomic E-state index is 0.0487. The van der Waals surface area contributed by atoms with Gasteiger partial charge in [-0.15, -0.1) is 0 Å². The molecule has 0 spiro atoms. The molecule has 0 aliphatic carbocycles. The molecule has 0 radical (unpaired) electrons. The first-order valence-electron chi connectivity index (χ1n) is 13.3. The summed E-state index contributed by atoms with van der Waals surface area (Å²) >= 11 is 12.2. The predicted molar refractivity (Wildman–Crippen MR) is 160 cm³/mol. The number of hydrogen-bond acceptors (Lipinski definition) is 8. The van der Waals surface area contributed by atoms with Crippen molar-refractivity contribution >= 4 is 55.8 Å². The number of ether oxygens (including phenoxy) is 3. The van der Waals surface area contributed by atoms with Crippen molar-refractivity contribution in [2.24, 2.45) is 0 Å². The highest BCUT2D eigenvalue weighted by molar-refractivity contribution is 7.92. The van der Waals surface area contributed by atoms with Gasteiger partial charge in [-0.3, -0.25) is 13.7 Å². The van der Waals surface area contributed by atoms with E-state index in [9.17, 15) is 13.2 Å². The number of rotatable bonds is 8. The van der Waals surface area contributed by atoms with E-state index in [2.05, 4.69) is 9.97 Å². The fourth-order valence-corrected chi connectivity index (χ4v) is 6.68. The van der Waals surface area contributed by atoms with E-state index in [0.717, 1.165) is 22.7 Å². The Kier molecular flexibility index (Phi) is 8.66. The van der Waals surface area contributed by atoms with E-state index in [1.807, 2.05) is 10.6 Å². The van der Waals surface area contributed by atoms with Gasteiger partial charge in [0.2, 0.25) is 5.88 Å². The number of carbonyl (C=O) groups excluding carboxylic acids is 1. The lowest BCUT2D eigenvalue weighted by molar-refractivity contribution is -0.152. The van der Waals surface area contributed by atoms with Gasteiger partial charge in [0.1, 0.15) is 18.2 Å². The minimum Gasteiger partial charge on any atom is -0.473 e. The van der Waals surface area contributed by atoms with Crippen molar-refractivity contribution in [3.63, 3.8) is 0 Å². The Morgan fingerprint density at radius 1 is 1.05 bits per heavy atom. The molecule has 0 unspecified atom stereocenters. The summed E-state index contributed by atoms with van der Waals surface area (Å²) in [6.45, 7) is 5.90. The van der Waals surface area contributed by atoms with Gasteiger partial charge in [-0.2, -0.15) is 0 Å². The fourth-order valence-electron chi connectivity index (χ4n) is 4.55. The maximum atomic E-state index is 13.8. The summed E-state index contributed by atoms with van der Waals surface area (Å²) in [6, 6.07) is 10.9. The highest BCUT2D eigenvalue weighted by Crippen LogP contribution is 2.31. The Balaban J connectivity index is 1.46. The lowest BCUT2D eigenvalue weighted by atomic mass is 10.2. The first-order valence-corrected chi connectivity index (χ1v) is 15.5. The first-order chi connectivity index (χ1) is 19.9. The summed E-state index contributed by atoms with van der Waals surface area (Å²) in [4.78, 5) is 21.6. The molecule has 42 heavy (non-hydrogen) atoms. The average Bonchev–Trinajstić information content (AvgIpc) is 3.34. The second-order valence-electron chi connectivity index (χ2n) is 10.8. The third kappa shape index (κ3) is 6.97. The number of anilines is 1. The molecule has 5 rings (SSSR count). The van der Waals surface area contributed by atoms with E-state index in [4.69, 9.17) is 37.4 Å². The molecule has 2 aromatic heterocycles. The summed E-state index contributed by atoms with van der Waals surface area (Å²) in [5.41, 5.74) is 0.208. The number of halogens is 2. The fraction of sp³-hybridized carbons (Fsp3) is 0.345. The Labute approximate surface area is 254 Å². The van der Waals surface area contributed by atoms with Gasteiger partial charge in [0.05, 0.1) is 41.7 Å². The number of aromatic nitrogens is 3.